The molecule has 0 spiro atoms. The molecule has 0 saturated carbocycles. The monoisotopic (exact) mass is 349 g/mol. The molecule has 1 aromatic carbocycles. The number of aryl methyl sites for hydroxylation is 1. The number of fused-ring (bicyclic) bond motifs is 1. The van der Waals surface area contributed by atoms with Crippen LogP contribution in [0.15, 0.2) is 33.2 Å². The Hall–Kier alpha value is -1.55. The van der Waals surface area contributed by atoms with Crippen molar-refractivity contribution in [3.63, 3.8) is 0 Å². The molecule has 0 saturated heterocycles. The number of hydrogen-bond acceptors (Lipinski definition) is 2. The molecule has 21 heavy (non-hydrogen) atoms. The van der Waals surface area contributed by atoms with Crippen LogP contribution in [0.4, 0.5) is 0 Å². The van der Waals surface area contributed by atoms with Crippen LogP contribution in [0.3, 0.4) is 0 Å². The molecule has 1 heterocycles. The van der Waals surface area contributed by atoms with Crippen molar-refractivity contribution in [1.82, 2.24) is 4.90 Å². The standard InChI is InChI=1S/C17H20BrNO2/c1-5-19(6-2)16(20)9-11(3)17-12(4)21-15-8-7-13(18)10-14(15)17/h7-10H,5-6H2,1-4H3. The molecule has 2 rings (SSSR count). The van der Waals surface area contributed by atoms with Gasteiger partial charge in [0.1, 0.15) is 11.3 Å². The number of furan rings is 1. The summed E-state index contributed by atoms with van der Waals surface area (Å²) in [5.74, 6) is 0.880. The zero-order valence-electron chi connectivity index (χ0n) is 12.9. The van der Waals surface area contributed by atoms with E-state index in [-0.39, 0.29) is 5.91 Å². The van der Waals surface area contributed by atoms with Crippen LogP contribution < -0.4 is 0 Å². The number of carbonyl (C=O) groups excluding carboxylic acids is 1. The van der Waals surface area contributed by atoms with Crippen molar-refractivity contribution in [2.24, 2.45) is 0 Å². The number of likely N-dealkylation sites (N-methyl/N-ethyl adjacent to an activating group) is 1. The van der Waals surface area contributed by atoms with Crippen LogP contribution in [0.5, 0.6) is 0 Å². The third-order valence-electron chi connectivity index (χ3n) is 3.64. The van der Waals surface area contributed by atoms with Crippen LogP contribution in [-0.2, 0) is 4.79 Å². The Balaban J connectivity index is 2.48. The number of carbonyl (C=O) groups is 1. The summed E-state index contributed by atoms with van der Waals surface area (Å²) in [5, 5.41) is 1.03. The first kappa shape index (κ1) is 15.8. The fourth-order valence-electron chi connectivity index (χ4n) is 2.57. The van der Waals surface area contributed by atoms with E-state index in [0.29, 0.717) is 0 Å². The molecule has 0 aliphatic heterocycles. The van der Waals surface area contributed by atoms with Gasteiger partial charge in [-0.25, -0.2) is 0 Å². The lowest BCUT2D eigenvalue weighted by molar-refractivity contribution is -0.125. The van der Waals surface area contributed by atoms with Crippen LogP contribution >= 0.6 is 15.9 Å². The van der Waals surface area contributed by atoms with Crippen molar-refractivity contribution in [3.8, 4) is 0 Å². The number of nitrogens with zero attached hydrogens (tertiary/aromatic N) is 1. The number of benzene rings is 1. The summed E-state index contributed by atoms with van der Waals surface area (Å²) in [5.41, 5.74) is 2.78. The van der Waals surface area contributed by atoms with Crippen molar-refractivity contribution in [1.29, 1.82) is 0 Å². The molecule has 0 bridgehead atoms. The zero-order chi connectivity index (χ0) is 15.6. The molecule has 112 valence electrons. The van der Waals surface area contributed by atoms with Gasteiger partial charge < -0.3 is 9.32 Å². The van der Waals surface area contributed by atoms with Gasteiger partial charge in [0.2, 0.25) is 5.91 Å². The van der Waals surface area contributed by atoms with Gasteiger partial charge in [-0.15, -0.1) is 0 Å². The minimum absolute atomic E-state index is 0.0428. The molecule has 3 nitrogen and oxygen atoms in total. The molecule has 1 amide bonds. The van der Waals surface area contributed by atoms with Gasteiger partial charge in [-0.1, -0.05) is 15.9 Å². The van der Waals surface area contributed by atoms with Crippen molar-refractivity contribution >= 4 is 38.4 Å². The third kappa shape index (κ3) is 3.21. The Morgan fingerprint density at radius 2 is 2.00 bits per heavy atom. The average Bonchev–Trinajstić information content (AvgIpc) is 2.75. The van der Waals surface area contributed by atoms with Gasteiger partial charge in [0.25, 0.3) is 0 Å². The van der Waals surface area contributed by atoms with Gasteiger partial charge in [0.05, 0.1) is 0 Å². The zero-order valence-corrected chi connectivity index (χ0v) is 14.5. The third-order valence-corrected chi connectivity index (χ3v) is 4.13. The predicted molar refractivity (Wildman–Crippen MR) is 90.2 cm³/mol. The number of halogens is 1. The Bertz CT molecular complexity index is 696. The predicted octanol–water partition coefficient (Wildman–Crippen LogP) is 4.78. The first-order chi connectivity index (χ1) is 9.97. The second-order valence-corrected chi connectivity index (χ2v) is 5.93. The van der Waals surface area contributed by atoms with Crippen LogP contribution in [0, 0.1) is 6.92 Å². The quantitative estimate of drug-likeness (QED) is 0.744. The fourth-order valence-corrected chi connectivity index (χ4v) is 2.93. The van der Waals surface area contributed by atoms with Crippen LogP contribution in [0.1, 0.15) is 32.1 Å². The van der Waals surface area contributed by atoms with E-state index in [1.165, 1.54) is 0 Å². The highest BCUT2D eigenvalue weighted by molar-refractivity contribution is 9.10. The number of rotatable bonds is 4. The lowest BCUT2D eigenvalue weighted by Gasteiger charge is -2.16. The molecule has 0 radical (unpaired) electrons. The molecular weight excluding hydrogens is 330 g/mol. The minimum atomic E-state index is 0.0428. The lowest BCUT2D eigenvalue weighted by Crippen LogP contribution is -2.28. The highest BCUT2D eigenvalue weighted by Gasteiger charge is 2.15. The van der Waals surface area contributed by atoms with E-state index in [0.717, 1.165) is 45.4 Å². The topological polar surface area (TPSA) is 33.5 Å². The van der Waals surface area contributed by atoms with Gasteiger partial charge >= 0.3 is 0 Å². The highest BCUT2D eigenvalue weighted by Crippen LogP contribution is 2.32. The van der Waals surface area contributed by atoms with Crippen LogP contribution in [0.2, 0.25) is 0 Å². The van der Waals surface area contributed by atoms with E-state index in [2.05, 4.69) is 15.9 Å². The molecule has 0 unspecified atom stereocenters. The molecule has 1 aromatic heterocycles. The Morgan fingerprint density at radius 3 is 2.62 bits per heavy atom. The Kier molecular flexibility index (Phi) is 4.88. The molecule has 0 fully saturated rings. The first-order valence-electron chi connectivity index (χ1n) is 7.14. The summed E-state index contributed by atoms with van der Waals surface area (Å²) in [4.78, 5) is 14.0. The van der Waals surface area contributed by atoms with E-state index in [9.17, 15) is 4.79 Å². The highest BCUT2D eigenvalue weighted by atomic mass is 79.9. The smallest absolute Gasteiger partial charge is 0.246 e. The summed E-state index contributed by atoms with van der Waals surface area (Å²) in [6, 6.07) is 5.92. The molecule has 0 N–H and O–H groups in total. The maximum Gasteiger partial charge on any atom is 0.246 e. The van der Waals surface area contributed by atoms with E-state index in [1.54, 1.807) is 11.0 Å². The largest absolute Gasteiger partial charge is 0.461 e. The average molecular weight is 350 g/mol. The van der Waals surface area contributed by atoms with Gasteiger partial charge in [-0.05, 0) is 51.5 Å². The van der Waals surface area contributed by atoms with Crippen LogP contribution in [-0.4, -0.2) is 23.9 Å². The molecule has 0 aliphatic rings. The molecule has 4 heteroatoms. The first-order valence-corrected chi connectivity index (χ1v) is 7.93. The Morgan fingerprint density at radius 1 is 1.33 bits per heavy atom. The van der Waals surface area contributed by atoms with Gasteiger partial charge in [0.15, 0.2) is 0 Å². The van der Waals surface area contributed by atoms with Crippen molar-refractivity contribution < 1.29 is 9.21 Å². The Labute approximate surface area is 133 Å². The van der Waals surface area contributed by atoms with E-state index in [4.69, 9.17) is 4.42 Å². The van der Waals surface area contributed by atoms with Gasteiger partial charge in [-0.3, -0.25) is 4.79 Å². The second kappa shape index (κ2) is 6.48. The van der Waals surface area contributed by atoms with E-state index >= 15 is 0 Å². The molecular formula is C17H20BrNO2. The lowest BCUT2D eigenvalue weighted by atomic mass is 10.0. The van der Waals surface area contributed by atoms with E-state index in [1.807, 2.05) is 45.9 Å². The SMILES string of the molecule is CCN(CC)C(=O)C=C(C)c1c(C)oc2ccc(Br)cc12. The summed E-state index contributed by atoms with van der Waals surface area (Å²) < 4.78 is 6.78. The molecule has 2 aromatic rings. The van der Waals surface area contributed by atoms with Gasteiger partial charge in [-0.2, -0.15) is 0 Å². The van der Waals surface area contributed by atoms with Crippen molar-refractivity contribution in [2.75, 3.05) is 13.1 Å². The second-order valence-electron chi connectivity index (χ2n) is 5.01. The summed E-state index contributed by atoms with van der Waals surface area (Å²) in [6.07, 6.45) is 1.70. The summed E-state index contributed by atoms with van der Waals surface area (Å²) in [6.45, 7) is 9.30. The minimum Gasteiger partial charge on any atom is -0.461 e. The fraction of sp³-hybridized carbons (Fsp3) is 0.353. The van der Waals surface area contributed by atoms with Gasteiger partial charge in [0, 0.05) is 34.6 Å². The van der Waals surface area contributed by atoms with Crippen molar-refractivity contribution in [2.45, 2.75) is 27.7 Å². The number of allylic oxidation sites excluding steroid dienone is 1. The number of amides is 1. The normalized spacial score (nSPS) is 12.0. The maximum absolute atomic E-state index is 12.2. The maximum atomic E-state index is 12.2. The van der Waals surface area contributed by atoms with Crippen LogP contribution in [0.25, 0.3) is 16.5 Å². The summed E-state index contributed by atoms with van der Waals surface area (Å²) >= 11 is 3.49. The number of hydrogen-bond donors (Lipinski definition) is 0. The van der Waals surface area contributed by atoms with Crippen molar-refractivity contribution in [3.05, 3.63) is 40.1 Å². The summed E-state index contributed by atoms with van der Waals surface area (Å²) in [7, 11) is 0. The molecule has 0 aliphatic carbocycles. The molecule has 0 atom stereocenters. The van der Waals surface area contributed by atoms with E-state index < -0.39 is 0 Å².